The van der Waals surface area contributed by atoms with Crippen LogP contribution in [0.4, 0.5) is 0 Å². The molecule has 2 N–H and O–H groups in total. The van der Waals surface area contributed by atoms with E-state index in [1.165, 1.54) is 12.1 Å². The van der Waals surface area contributed by atoms with Gasteiger partial charge in [0.05, 0.1) is 18.2 Å². The first-order chi connectivity index (χ1) is 10.7. The Morgan fingerprint density at radius 1 is 1.14 bits per heavy atom. The van der Waals surface area contributed by atoms with Crippen molar-refractivity contribution in [3.05, 3.63) is 66.6 Å². The summed E-state index contributed by atoms with van der Waals surface area (Å²) in [5.74, 6) is 0.584. The SMILES string of the molecule is O=C(COc1ccccc1-c1cnc[nH]1)c1ccc(O)cc1. The highest BCUT2D eigenvalue weighted by Gasteiger charge is 2.10. The standard InChI is InChI=1S/C17H14N2O3/c20-13-7-5-12(6-8-13)16(21)10-22-17-4-2-1-3-14(17)15-9-18-11-19-15/h1-9,11,20H,10H2,(H,18,19). The van der Waals surface area contributed by atoms with Gasteiger partial charge in [0, 0.05) is 11.1 Å². The zero-order valence-electron chi connectivity index (χ0n) is 11.7. The minimum absolute atomic E-state index is 0.0735. The van der Waals surface area contributed by atoms with Crippen LogP contribution in [-0.2, 0) is 0 Å². The van der Waals surface area contributed by atoms with Crippen LogP contribution in [-0.4, -0.2) is 27.5 Å². The largest absolute Gasteiger partial charge is 0.508 e. The monoisotopic (exact) mass is 294 g/mol. The molecule has 1 heterocycles. The average Bonchev–Trinajstić information content (AvgIpc) is 3.08. The first-order valence-electron chi connectivity index (χ1n) is 6.77. The van der Waals surface area contributed by atoms with E-state index in [1.807, 2.05) is 18.2 Å². The van der Waals surface area contributed by atoms with Crippen LogP contribution < -0.4 is 4.74 Å². The number of nitrogens with zero attached hydrogens (tertiary/aromatic N) is 1. The molecule has 110 valence electrons. The number of aromatic nitrogens is 2. The van der Waals surface area contributed by atoms with Crippen LogP contribution in [0, 0.1) is 0 Å². The number of imidazole rings is 1. The van der Waals surface area contributed by atoms with Gasteiger partial charge in [0.2, 0.25) is 0 Å². The average molecular weight is 294 g/mol. The number of aromatic hydroxyl groups is 1. The maximum absolute atomic E-state index is 12.1. The van der Waals surface area contributed by atoms with Crippen molar-refractivity contribution in [2.75, 3.05) is 6.61 Å². The molecule has 0 bridgehead atoms. The summed E-state index contributed by atoms with van der Waals surface area (Å²) in [7, 11) is 0. The molecule has 0 amide bonds. The highest BCUT2D eigenvalue weighted by atomic mass is 16.5. The summed E-state index contributed by atoms with van der Waals surface area (Å²) in [4.78, 5) is 19.1. The summed E-state index contributed by atoms with van der Waals surface area (Å²) in [6, 6.07) is 13.5. The first-order valence-corrected chi connectivity index (χ1v) is 6.77. The lowest BCUT2D eigenvalue weighted by Gasteiger charge is -2.10. The molecule has 0 aliphatic carbocycles. The molecule has 0 saturated carbocycles. The van der Waals surface area contributed by atoms with E-state index in [9.17, 15) is 9.90 Å². The summed E-state index contributed by atoms with van der Waals surface area (Å²) in [5, 5.41) is 9.24. The van der Waals surface area contributed by atoms with Gasteiger partial charge in [-0.2, -0.15) is 0 Å². The van der Waals surface area contributed by atoms with Crippen LogP contribution in [0.15, 0.2) is 61.1 Å². The minimum atomic E-state index is -0.153. The summed E-state index contributed by atoms with van der Waals surface area (Å²) in [6.45, 7) is -0.0735. The second-order valence-electron chi connectivity index (χ2n) is 4.72. The van der Waals surface area contributed by atoms with Crippen molar-refractivity contribution >= 4 is 5.78 Å². The number of nitrogens with one attached hydrogen (secondary N) is 1. The number of hydrogen-bond acceptors (Lipinski definition) is 4. The number of hydrogen-bond donors (Lipinski definition) is 2. The van der Waals surface area contributed by atoms with Crippen molar-refractivity contribution in [1.29, 1.82) is 0 Å². The van der Waals surface area contributed by atoms with E-state index in [-0.39, 0.29) is 18.1 Å². The van der Waals surface area contributed by atoms with E-state index in [0.717, 1.165) is 11.3 Å². The van der Waals surface area contributed by atoms with Crippen molar-refractivity contribution in [2.24, 2.45) is 0 Å². The number of phenols is 1. The molecule has 2 aromatic carbocycles. The van der Waals surface area contributed by atoms with Gasteiger partial charge >= 0.3 is 0 Å². The molecular weight excluding hydrogens is 280 g/mol. The minimum Gasteiger partial charge on any atom is -0.508 e. The van der Waals surface area contributed by atoms with Crippen molar-refractivity contribution in [1.82, 2.24) is 9.97 Å². The van der Waals surface area contributed by atoms with E-state index in [0.29, 0.717) is 11.3 Å². The first kappa shape index (κ1) is 13.9. The third-order valence-electron chi connectivity index (χ3n) is 3.22. The van der Waals surface area contributed by atoms with Gasteiger partial charge in [-0.25, -0.2) is 4.98 Å². The Balaban J connectivity index is 1.74. The number of aromatic amines is 1. The fourth-order valence-electron chi connectivity index (χ4n) is 2.09. The highest BCUT2D eigenvalue weighted by Crippen LogP contribution is 2.27. The molecule has 0 fully saturated rings. The number of ether oxygens (including phenoxy) is 1. The molecule has 0 atom stereocenters. The lowest BCUT2D eigenvalue weighted by molar-refractivity contribution is 0.0922. The van der Waals surface area contributed by atoms with Gasteiger partial charge in [-0.15, -0.1) is 0 Å². The predicted octanol–water partition coefficient (Wildman–Crippen LogP) is 3.04. The maximum atomic E-state index is 12.1. The van der Waals surface area contributed by atoms with Gasteiger partial charge in [-0.05, 0) is 36.4 Å². The van der Waals surface area contributed by atoms with Gasteiger partial charge in [-0.1, -0.05) is 12.1 Å². The number of benzene rings is 2. The van der Waals surface area contributed by atoms with Gasteiger partial charge in [0.25, 0.3) is 0 Å². The Hall–Kier alpha value is -3.08. The molecule has 0 unspecified atom stereocenters. The number of phenolic OH excluding ortho intramolecular Hbond substituents is 1. The van der Waals surface area contributed by atoms with Crippen LogP contribution >= 0.6 is 0 Å². The molecule has 0 radical (unpaired) electrons. The van der Waals surface area contributed by atoms with Gasteiger partial charge in [-0.3, -0.25) is 4.79 Å². The van der Waals surface area contributed by atoms with E-state index < -0.39 is 0 Å². The van der Waals surface area contributed by atoms with Gasteiger partial charge in [0.1, 0.15) is 11.5 Å². The Morgan fingerprint density at radius 2 is 1.91 bits per heavy atom. The van der Waals surface area contributed by atoms with Crippen LogP contribution in [0.2, 0.25) is 0 Å². The normalized spacial score (nSPS) is 10.4. The molecule has 0 spiro atoms. The van der Waals surface area contributed by atoms with Crippen molar-refractivity contribution < 1.29 is 14.6 Å². The molecule has 3 rings (SSSR count). The van der Waals surface area contributed by atoms with Gasteiger partial charge in [0.15, 0.2) is 12.4 Å². The van der Waals surface area contributed by atoms with Crippen LogP contribution in [0.1, 0.15) is 10.4 Å². The quantitative estimate of drug-likeness (QED) is 0.709. The third-order valence-corrected chi connectivity index (χ3v) is 3.22. The molecular formula is C17H14N2O3. The molecule has 5 heteroatoms. The topological polar surface area (TPSA) is 75.2 Å². The third kappa shape index (κ3) is 2.98. The van der Waals surface area contributed by atoms with E-state index >= 15 is 0 Å². The van der Waals surface area contributed by atoms with Crippen molar-refractivity contribution in [2.45, 2.75) is 0 Å². The zero-order valence-corrected chi connectivity index (χ0v) is 11.7. The van der Waals surface area contributed by atoms with E-state index in [2.05, 4.69) is 9.97 Å². The number of carbonyl (C=O) groups is 1. The maximum Gasteiger partial charge on any atom is 0.200 e. The Kier molecular flexibility index (Phi) is 3.87. The number of ketones is 1. The second kappa shape index (κ2) is 6.13. The molecule has 3 aromatic rings. The lowest BCUT2D eigenvalue weighted by Crippen LogP contribution is -2.11. The summed E-state index contributed by atoms with van der Waals surface area (Å²) < 4.78 is 5.65. The lowest BCUT2D eigenvalue weighted by atomic mass is 10.1. The number of carbonyl (C=O) groups excluding carboxylic acids is 1. The van der Waals surface area contributed by atoms with E-state index in [1.54, 1.807) is 30.7 Å². The van der Waals surface area contributed by atoms with Crippen molar-refractivity contribution in [3.63, 3.8) is 0 Å². The summed E-state index contributed by atoms with van der Waals surface area (Å²) >= 11 is 0. The number of para-hydroxylation sites is 1. The van der Waals surface area contributed by atoms with Crippen LogP contribution in [0.3, 0.4) is 0 Å². The molecule has 5 nitrogen and oxygen atoms in total. The Bertz CT molecular complexity index is 765. The predicted molar refractivity (Wildman–Crippen MR) is 82.0 cm³/mol. The number of Topliss-reactive ketones (excluding diaryl/α,β-unsaturated/α-hetero) is 1. The molecule has 0 aliphatic rings. The van der Waals surface area contributed by atoms with Crippen LogP contribution in [0.25, 0.3) is 11.3 Å². The number of H-pyrrole nitrogens is 1. The Morgan fingerprint density at radius 3 is 2.64 bits per heavy atom. The fraction of sp³-hybridized carbons (Fsp3) is 0.0588. The van der Waals surface area contributed by atoms with Gasteiger partial charge < -0.3 is 14.8 Å². The Labute approximate surface area is 127 Å². The zero-order chi connectivity index (χ0) is 15.4. The van der Waals surface area contributed by atoms with Crippen LogP contribution in [0.5, 0.6) is 11.5 Å². The molecule has 1 aromatic heterocycles. The van der Waals surface area contributed by atoms with E-state index in [4.69, 9.17) is 4.74 Å². The molecule has 0 aliphatic heterocycles. The van der Waals surface area contributed by atoms with Crippen molar-refractivity contribution in [3.8, 4) is 22.8 Å². The molecule has 0 saturated heterocycles. The summed E-state index contributed by atoms with van der Waals surface area (Å²) in [5.41, 5.74) is 2.17. The summed E-state index contributed by atoms with van der Waals surface area (Å²) in [6.07, 6.45) is 3.29. The fourth-order valence-corrected chi connectivity index (χ4v) is 2.09. The molecule has 22 heavy (non-hydrogen) atoms. The highest BCUT2D eigenvalue weighted by molar-refractivity contribution is 5.97. The number of rotatable bonds is 5. The second-order valence-corrected chi connectivity index (χ2v) is 4.72. The smallest absolute Gasteiger partial charge is 0.200 e.